The Bertz CT molecular complexity index is 429. The average molecular weight is 218 g/mol. The minimum absolute atomic E-state index is 0.222. The number of hydrogen-bond donors (Lipinski definition) is 1. The van der Waals surface area contributed by atoms with E-state index in [4.69, 9.17) is 0 Å². The molecule has 0 radical (unpaired) electrons. The Balaban J connectivity index is 1.74. The van der Waals surface area contributed by atoms with E-state index in [0.717, 1.165) is 23.8 Å². The first-order valence-electron chi connectivity index (χ1n) is 6.17. The average Bonchev–Trinajstić information content (AvgIpc) is 2.84. The number of aliphatic hydroxyl groups is 1. The van der Waals surface area contributed by atoms with Crippen LogP contribution in [-0.4, -0.2) is 5.11 Å². The van der Waals surface area contributed by atoms with Gasteiger partial charge in [-0.15, -0.1) is 0 Å². The molecular weight excluding hydrogens is 203 g/mol. The summed E-state index contributed by atoms with van der Waals surface area (Å²) in [5, 5.41) is 10.8. The Hall–Kier alpha value is -0.890. The third-order valence-corrected chi connectivity index (χ3v) is 5.04. The van der Waals surface area contributed by atoms with Gasteiger partial charge in [-0.25, -0.2) is 4.39 Å². The lowest BCUT2D eigenvalue weighted by molar-refractivity contribution is -0.0522. The van der Waals surface area contributed by atoms with Gasteiger partial charge in [0.1, 0.15) is 5.82 Å². The lowest BCUT2D eigenvalue weighted by atomic mass is 9.71. The summed E-state index contributed by atoms with van der Waals surface area (Å²) in [5.74, 6) is 2.46. The van der Waals surface area contributed by atoms with Gasteiger partial charge >= 0.3 is 0 Å². The fourth-order valence-corrected chi connectivity index (χ4v) is 4.45. The molecule has 1 nitrogen and oxygen atoms in total. The van der Waals surface area contributed by atoms with Gasteiger partial charge in [-0.05, 0) is 60.6 Å². The van der Waals surface area contributed by atoms with E-state index in [9.17, 15) is 9.50 Å². The van der Waals surface area contributed by atoms with Crippen LogP contribution < -0.4 is 0 Å². The normalized spacial score (nSPS) is 48.1. The molecule has 3 unspecified atom stereocenters. The number of hydrogen-bond acceptors (Lipinski definition) is 1. The third-order valence-electron chi connectivity index (χ3n) is 5.04. The van der Waals surface area contributed by atoms with Crippen molar-refractivity contribution >= 4 is 0 Å². The van der Waals surface area contributed by atoms with Crippen molar-refractivity contribution in [3.05, 3.63) is 35.6 Å². The zero-order chi connectivity index (χ0) is 10.9. The second-order valence-electron chi connectivity index (χ2n) is 5.83. The van der Waals surface area contributed by atoms with Gasteiger partial charge in [-0.2, -0.15) is 0 Å². The van der Waals surface area contributed by atoms with Crippen molar-refractivity contribution in [3.63, 3.8) is 0 Å². The first kappa shape index (κ1) is 9.17. The zero-order valence-corrected chi connectivity index (χ0v) is 9.07. The van der Waals surface area contributed by atoms with Gasteiger partial charge in [-0.1, -0.05) is 12.1 Å². The van der Waals surface area contributed by atoms with Crippen LogP contribution in [0.4, 0.5) is 4.39 Å². The van der Waals surface area contributed by atoms with Crippen LogP contribution in [0.15, 0.2) is 24.3 Å². The van der Waals surface area contributed by atoms with Gasteiger partial charge in [0.2, 0.25) is 0 Å². The minimum atomic E-state index is -0.649. The van der Waals surface area contributed by atoms with E-state index in [2.05, 4.69) is 0 Å². The zero-order valence-electron chi connectivity index (χ0n) is 9.07. The minimum Gasteiger partial charge on any atom is -0.385 e. The number of halogens is 1. The smallest absolute Gasteiger partial charge is 0.123 e. The van der Waals surface area contributed by atoms with E-state index in [0.29, 0.717) is 11.8 Å². The van der Waals surface area contributed by atoms with E-state index in [1.807, 2.05) is 0 Å². The first-order chi connectivity index (χ1) is 7.68. The molecule has 0 spiro atoms. The Morgan fingerprint density at radius 2 is 1.75 bits per heavy atom. The largest absolute Gasteiger partial charge is 0.385 e. The molecule has 3 atom stereocenters. The summed E-state index contributed by atoms with van der Waals surface area (Å²) in [6.45, 7) is 0. The molecule has 2 heteroatoms. The SMILES string of the molecule is OC1(c2ccc(F)cc2)CC2CC3C(C2)C31. The third kappa shape index (κ3) is 0.988. The molecule has 4 fully saturated rings. The molecule has 16 heavy (non-hydrogen) atoms. The molecule has 0 amide bonds. The maximum atomic E-state index is 12.9. The summed E-state index contributed by atoms with van der Waals surface area (Å²) >= 11 is 0. The number of rotatable bonds is 1. The summed E-state index contributed by atoms with van der Waals surface area (Å²) < 4.78 is 12.9. The van der Waals surface area contributed by atoms with Gasteiger partial charge in [-0.3, -0.25) is 0 Å². The molecule has 4 aliphatic carbocycles. The summed E-state index contributed by atoms with van der Waals surface area (Å²) in [7, 11) is 0. The Kier molecular flexibility index (Phi) is 1.53. The molecule has 4 aliphatic rings. The highest BCUT2D eigenvalue weighted by atomic mass is 19.1. The predicted octanol–water partition coefficient (Wildman–Crippen LogP) is 2.69. The van der Waals surface area contributed by atoms with Gasteiger partial charge in [0, 0.05) is 0 Å². The second-order valence-corrected chi connectivity index (χ2v) is 5.83. The lowest BCUT2D eigenvalue weighted by Crippen LogP contribution is -2.38. The predicted molar refractivity (Wildman–Crippen MR) is 58.1 cm³/mol. The fourth-order valence-electron chi connectivity index (χ4n) is 4.45. The van der Waals surface area contributed by atoms with Crippen LogP contribution in [0.25, 0.3) is 0 Å². The molecule has 4 saturated carbocycles. The van der Waals surface area contributed by atoms with E-state index in [1.165, 1.54) is 25.0 Å². The second kappa shape index (κ2) is 2.67. The molecule has 5 rings (SSSR count). The molecule has 0 aliphatic heterocycles. The summed E-state index contributed by atoms with van der Waals surface area (Å²) in [5.41, 5.74) is 0.278. The van der Waals surface area contributed by atoms with Crippen LogP contribution in [0.5, 0.6) is 0 Å². The lowest BCUT2D eigenvalue weighted by Gasteiger charge is -2.39. The van der Waals surface area contributed by atoms with Gasteiger partial charge in [0.25, 0.3) is 0 Å². The Morgan fingerprint density at radius 1 is 1.12 bits per heavy atom. The molecule has 1 aromatic carbocycles. The van der Waals surface area contributed by atoms with Crippen molar-refractivity contribution in [3.8, 4) is 0 Å². The molecular formula is C14H15FO. The molecule has 1 N–H and O–H groups in total. The molecule has 0 saturated heterocycles. The van der Waals surface area contributed by atoms with Crippen molar-refractivity contribution in [1.82, 2.24) is 0 Å². The highest BCUT2D eigenvalue weighted by Gasteiger charge is 2.69. The summed E-state index contributed by atoms with van der Waals surface area (Å²) in [4.78, 5) is 0. The van der Waals surface area contributed by atoms with Gasteiger partial charge in [0.05, 0.1) is 5.60 Å². The van der Waals surface area contributed by atoms with Crippen molar-refractivity contribution in [1.29, 1.82) is 0 Å². The van der Waals surface area contributed by atoms with E-state index in [-0.39, 0.29) is 5.82 Å². The molecule has 1 aromatic rings. The van der Waals surface area contributed by atoms with Crippen molar-refractivity contribution in [2.45, 2.75) is 24.9 Å². The topological polar surface area (TPSA) is 20.2 Å². The summed E-state index contributed by atoms with van der Waals surface area (Å²) in [6, 6.07) is 6.45. The van der Waals surface area contributed by atoms with Crippen molar-refractivity contribution in [2.75, 3.05) is 0 Å². The molecule has 0 heterocycles. The first-order valence-corrected chi connectivity index (χ1v) is 6.17. The highest BCUT2D eigenvalue weighted by molar-refractivity contribution is 5.31. The van der Waals surface area contributed by atoms with Crippen molar-refractivity contribution < 1.29 is 9.50 Å². The van der Waals surface area contributed by atoms with Crippen LogP contribution in [0, 0.1) is 29.5 Å². The molecule has 84 valence electrons. The quantitative estimate of drug-likeness (QED) is 0.768. The highest BCUT2D eigenvalue weighted by Crippen LogP contribution is 2.72. The van der Waals surface area contributed by atoms with Crippen LogP contribution in [0.3, 0.4) is 0 Å². The maximum Gasteiger partial charge on any atom is 0.123 e. The van der Waals surface area contributed by atoms with Crippen molar-refractivity contribution in [2.24, 2.45) is 23.7 Å². The monoisotopic (exact) mass is 218 g/mol. The van der Waals surface area contributed by atoms with Crippen LogP contribution in [0.2, 0.25) is 0 Å². The Labute approximate surface area is 94.3 Å². The van der Waals surface area contributed by atoms with E-state index >= 15 is 0 Å². The number of fused-ring (bicyclic) bond motifs is 1. The molecule has 4 bridgehead atoms. The van der Waals surface area contributed by atoms with E-state index in [1.54, 1.807) is 12.1 Å². The fraction of sp³-hybridized carbons (Fsp3) is 0.571. The standard InChI is InChI=1S/C14H15FO/c15-10-3-1-9(2-4-10)14(16)7-8-5-11-12(6-8)13(11)14/h1-4,8,11-13,16H,5-7H2. The Morgan fingerprint density at radius 3 is 2.31 bits per heavy atom. The van der Waals surface area contributed by atoms with Crippen LogP contribution in [-0.2, 0) is 5.60 Å². The number of benzene rings is 1. The van der Waals surface area contributed by atoms with Crippen LogP contribution >= 0.6 is 0 Å². The van der Waals surface area contributed by atoms with Gasteiger partial charge in [0.15, 0.2) is 0 Å². The van der Waals surface area contributed by atoms with E-state index < -0.39 is 5.60 Å². The summed E-state index contributed by atoms with van der Waals surface area (Å²) in [6.07, 6.45) is 3.52. The van der Waals surface area contributed by atoms with Crippen LogP contribution in [0.1, 0.15) is 24.8 Å². The maximum absolute atomic E-state index is 12.9. The van der Waals surface area contributed by atoms with Gasteiger partial charge < -0.3 is 5.11 Å². The molecule has 0 aromatic heterocycles.